The van der Waals surface area contributed by atoms with E-state index in [4.69, 9.17) is 5.73 Å². The van der Waals surface area contributed by atoms with E-state index in [2.05, 4.69) is 35.1 Å². The molecule has 0 spiro atoms. The van der Waals surface area contributed by atoms with Gasteiger partial charge in [-0.2, -0.15) is 0 Å². The molecule has 0 atom stereocenters. The summed E-state index contributed by atoms with van der Waals surface area (Å²) in [6.07, 6.45) is 2.14. The highest BCUT2D eigenvalue weighted by molar-refractivity contribution is 9.10. The molecule has 0 heterocycles. The second kappa shape index (κ2) is 6.64. The van der Waals surface area contributed by atoms with Crippen LogP contribution in [0.1, 0.15) is 37.0 Å². The van der Waals surface area contributed by atoms with Crippen molar-refractivity contribution in [3.05, 3.63) is 28.2 Å². The van der Waals surface area contributed by atoms with Gasteiger partial charge >= 0.3 is 0 Å². The maximum Gasteiger partial charge on any atom is 0.251 e. The quantitative estimate of drug-likeness (QED) is 0.648. The fourth-order valence-corrected chi connectivity index (χ4v) is 1.86. The van der Waals surface area contributed by atoms with E-state index in [9.17, 15) is 4.79 Å². The Morgan fingerprint density at radius 3 is 2.76 bits per heavy atom. The summed E-state index contributed by atoms with van der Waals surface area (Å²) < 4.78 is 0.757. The van der Waals surface area contributed by atoms with Gasteiger partial charge in [0.2, 0.25) is 0 Å². The van der Waals surface area contributed by atoms with E-state index >= 15 is 0 Å². The molecule has 0 saturated heterocycles. The van der Waals surface area contributed by atoms with Crippen molar-refractivity contribution in [3.8, 4) is 0 Å². The predicted molar refractivity (Wildman–Crippen MR) is 75.0 cm³/mol. The van der Waals surface area contributed by atoms with Crippen molar-refractivity contribution in [2.45, 2.75) is 26.7 Å². The average molecular weight is 299 g/mol. The first-order chi connectivity index (χ1) is 8.00. The Bertz CT molecular complexity index is 391. The lowest BCUT2D eigenvalue weighted by atomic mass is 10.1. The number of hydrogen-bond acceptors (Lipinski definition) is 2. The second-order valence-corrected chi connectivity index (χ2v) is 5.38. The first-order valence-corrected chi connectivity index (χ1v) is 6.63. The summed E-state index contributed by atoms with van der Waals surface area (Å²) in [4.78, 5) is 11.8. The van der Waals surface area contributed by atoms with Crippen LogP contribution in [-0.4, -0.2) is 12.5 Å². The van der Waals surface area contributed by atoms with Gasteiger partial charge in [-0.15, -0.1) is 0 Å². The third-order valence-electron chi connectivity index (χ3n) is 2.51. The molecule has 0 aromatic heterocycles. The third kappa shape index (κ3) is 4.77. The van der Waals surface area contributed by atoms with Crippen molar-refractivity contribution in [2.75, 3.05) is 12.3 Å². The Hall–Kier alpha value is -1.03. The number of carbonyl (C=O) groups is 1. The zero-order chi connectivity index (χ0) is 12.8. The summed E-state index contributed by atoms with van der Waals surface area (Å²) in [6.45, 7) is 5.08. The summed E-state index contributed by atoms with van der Waals surface area (Å²) in [5, 5.41) is 2.90. The molecule has 4 heteroatoms. The molecule has 1 rings (SSSR count). The van der Waals surface area contributed by atoms with Gasteiger partial charge < -0.3 is 11.1 Å². The summed E-state index contributed by atoms with van der Waals surface area (Å²) in [5.41, 5.74) is 6.94. The van der Waals surface area contributed by atoms with E-state index in [0.717, 1.165) is 23.9 Å². The SMILES string of the molecule is CC(C)CCCNC(=O)c1ccc(N)c(Br)c1. The number of nitrogens with one attached hydrogen (secondary N) is 1. The number of amides is 1. The number of hydrogen-bond donors (Lipinski definition) is 2. The van der Waals surface area contributed by atoms with Gasteiger partial charge in [-0.05, 0) is 52.9 Å². The number of anilines is 1. The van der Waals surface area contributed by atoms with Gasteiger partial charge in [0.15, 0.2) is 0 Å². The molecule has 3 nitrogen and oxygen atoms in total. The van der Waals surface area contributed by atoms with Gasteiger partial charge in [0.25, 0.3) is 5.91 Å². The van der Waals surface area contributed by atoms with Crippen molar-refractivity contribution in [3.63, 3.8) is 0 Å². The highest BCUT2D eigenvalue weighted by Crippen LogP contribution is 2.20. The highest BCUT2D eigenvalue weighted by atomic mass is 79.9. The molecule has 0 saturated carbocycles. The van der Waals surface area contributed by atoms with E-state index in [1.807, 2.05) is 0 Å². The molecule has 0 aliphatic heterocycles. The molecule has 0 aliphatic rings. The fourth-order valence-electron chi connectivity index (χ4n) is 1.48. The first-order valence-electron chi connectivity index (χ1n) is 5.84. The Kier molecular flexibility index (Phi) is 5.48. The minimum Gasteiger partial charge on any atom is -0.398 e. The highest BCUT2D eigenvalue weighted by Gasteiger charge is 2.06. The Labute approximate surface area is 111 Å². The predicted octanol–water partition coefficient (Wildman–Crippen LogP) is 3.20. The normalized spacial score (nSPS) is 10.6. The van der Waals surface area contributed by atoms with Crippen LogP contribution < -0.4 is 11.1 Å². The van der Waals surface area contributed by atoms with Crippen molar-refractivity contribution >= 4 is 27.5 Å². The zero-order valence-electron chi connectivity index (χ0n) is 10.3. The standard InChI is InChI=1S/C13H19BrN2O/c1-9(2)4-3-7-16-13(17)10-5-6-12(15)11(14)8-10/h5-6,8-9H,3-4,7,15H2,1-2H3,(H,16,17). The summed E-state index contributed by atoms with van der Waals surface area (Å²) in [5.74, 6) is 0.632. The Balaban J connectivity index is 2.44. The summed E-state index contributed by atoms with van der Waals surface area (Å²) >= 11 is 3.31. The molecule has 0 fully saturated rings. The van der Waals surface area contributed by atoms with E-state index < -0.39 is 0 Å². The summed E-state index contributed by atoms with van der Waals surface area (Å²) in [6, 6.07) is 5.21. The molecule has 1 aromatic carbocycles. The van der Waals surface area contributed by atoms with Gasteiger partial charge in [0.05, 0.1) is 0 Å². The molecule has 17 heavy (non-hydrogen) atoms. The van der Waals surface area contributed by atoms with Crippen LogP contribution in [0.15, 0.2) is 22.7 Å². The molecular formula is C13H19BrN2O. The van der Waals surface area contributed by atoms with Crippen LogP contribution in [0.25, 0.3) is 0 Å². The average Bonchev–Trinajstić information content (AvgIpc) is 2.27. The van der Waals surface area contributed by atoms with Crippen LogP contribution in [0.4, 0.5) is 5.69 Å². The molecule has 0 unspecified atom stereocenters. The van der Waals surface area contributed by atoms with Crippen LogP contribution in [0.3, 0.4) is 0 Å². The Morgan fingerprint density at radius 1 is 1.47 bits per heavy atom. The van der Waals surface area contributed by atoms with E-state index in [-0.39, 0.29) is 5.91 Å². The lowest BCUT2D eigenvalue weighted by molar-refractivity contribution is 0.0952. The van der Waals surface area contributed by atoms with Gasteiger partial charge in [-0.3, -0.25) is 4.79 Å². The topological polar surface area (TPSA) is 55.1 Å². The van der Waals surface area contributed by atoms with Crippen LogP contribution in [0.5, 0.6) is 0 Å². The number of halogens is 1. The number of rotatable bonds is 5. The summed E-state index contributed by atoms with van der Waals surface area (Å²) in [7, 11) is 0. The minimum absolute atomic E-state index is 0.0468. The Morgan fingerprint density at radius 2 is 2.18 bits per heavy atom. The molecule has 1 aromatic rings. The molecular weight excluding hydrogens is 280 g/mol. The lowest BCUT2D eigenvalue weighted by Crippen LogP contribution is -2.24. The second-order valence-electron chi connectivity index (χ2n) is 4.53. The largest absolute Gasteiger partial charge is 0.398 e. The molecule has 0 bridgehead atoms. The van der Waals surface area contributed by atoms with E-state index in [1.165, 1.54) is 0 Å². The number of nitrogens with two attached hydrogens (primary N) is 1. The molecule has 3 N–H and O–H groups in total. The number of nitrogen functional groups attached to an aromatic ring is 1. The molecule has 94 valence electrons. The zero-order valence-corrected chi connectivity index (χ0v) is 11.9. The van der Waals surface area contributed by atoms with Crippen LogP contribution >= 0.6 is 15.9 Å². The van der Waals surface area contributed by atoms with E-state index in [1.54, 1.807) is 18.2 Å². The molecule has 0 radical (unpaired) electrons. The molecule has 1 amide bonds. The van der Waals surface area contributed by atoms with Crippen molar-refractivity contribution in [2.24, 2.45) is 5.92 Å². The van der Waals surface area contributed by atoms with Crippen LogP contribution in [0.2, 0.25) is 0 Å². The lowest BCUT2D eigenvalue weighted by Gasteiger charge is -2.07. The van der Waals surface area contributed by atoms with Gasteiger partial charge in [-0.25, -0.2) is 0 Å². The monoisotopic (exact) mass is 298 g/mol. The number of carbonyl (C=O) groups excluding carboxylic acids is 1. The van der Waals surface area contributed by atoms with Crippen LogP contribution in [0, 0.1) is 5.92 Å². The van der Waals surface area contributed by atoms with E-state index in [0.29, 0.717) is 17.2 Å². The van der Waals surface area contributed by atoms with Gasteiger partial charge in [0.1, 0.15) is 0 Å². The maximum absolute atomic E-state index is 11.8. The minimum atomic E-state index is -0.0468. The maximum atomic E-state index is 11.8. The third-order valence-corrected chi connectivity index (χ3v) is 3.19. The smallest absolute Gasteiger partial charge is 0.251 e. The van der Waals surface area contributed by atoms with Crippen molar-refractivity contribution < 1.29 is 4.79 Å². The number of benzene rings is 1. The van der Waals surface area contributed by atoms with Crippen molar-refractivity contribution in [1.82, 2.24) is 5.32 Å². The van der Waals surface area contributed by atoms with Crippen LogP contribution in [-0.2, 0) is 0 Å². The van der Waals surface area contributed by atoms with Crippen molar-refractivity contribution in [1.29, 1.82) is 0 Å². The van der Waals surface area contributed by atoms with Gasteiger partial charge in [-0.1, -0.05) is 13.8 Å². The first kappa shape index (κ1) is 14.0. The van der Waals surface area contributed by atoms with Gasteiger partial charge in [0, 0.05) is 22.3 Å². The molecule has 0 aliphatic carbocycles. The fraction of sp³-hybridized carbons (Fsp3) is 0.462.